The Bertz CT molecular complexity index is 1150. The summed E-state index contributed by atoms with van der Waals surface area (Å²) in [6.07, 6.45) is 7.62. The van der Waals surface area contributed by atoms with Gasteiger partial charge in [-0.1, -0.05) is 73.0 Å². The molecule has 0 unspecified atom stereocenters. The zero-order valence-corrected chi connectivity index (χ0v) is 22.3. The van der Waals surface area contributed by atoms with Gasteiger partial charge in [0.25, 0.3) is 5.91 Å². The van der Waals surface area contributed by atoms with E-state index >= 15 is 0 Å². The van der Waals surface area contributed by atoms with Crippen molar-refractivity contribution in [2.45, 2.75) is 64.1 Å². The molecule has 0 spiro atoms. The third kappa shape index (κ3) is 6.55. The first-order chi connectivity index (χ1) is 17.6. The van der Waals surface area contributed by atoms with Crippen LogP contribution in [0.4, 0.5) is 5.69 Å². The molecular weight excluding hydrogens is 468 g/mol. The van der Waals surface area contributed by atoms with Crippen molar-refractivity contribution >= 4 is 29.6 Å². The average molecular weight is 505 g/mol. The molecule has 0 atom stereocenters. The first-order valence-corrected chi connectivity index (χ1v) is 13.9. The number of hydrogen-bond donors (Lipinski definition) is 1. The molecule has 190 valence electrons. The van der Waals surface area contributed by atoms with Gasteiger partial charge >= 0.3 is 0 Å². The van der Waals surface area contributed by atoms with Crippen LogP contribution in [0.15, 0.2) is 58.8 Å². The van der Waals surface area contributed by atoms with Crippen molar-refractivity contribution in [3.63, 3.8) is 0 Å². The largest absolute Gasteiger partial charge is 0.372 e. The van der Waals surface area contributed by atoms with E-state index in [4.69, 9.17) is 0 Å². The van der Waals surface area contributed by atoms with Gasteiger partial charge in [0, 0.05) is 30.4 Å². The number of hydrazone groups is 1. The van der Waals surface area contributed by atoms with Gasteiger partial charge in [-0.05, 0) is 51.3 Å². The number of carbonyl (C=O) groups excluding carboxylic acids is 1. The van der Waals surface area contributed by atoms with E-state index < -0.39 is 0 Å². The smallest absolute Gasteiger partial charge is 0.250 e. The van der Waals surface area contributed by atoms with Crippen LogP contribution < -0.4 is 10.3 Å². The van der Waals surface area contributed by atoms with E-state index in [2.05, 4.69) is 87.4 Å². The minimum Gasteiger partial charge on any atom is -0.372 e. The molecule has 4 rings (SSSR count). The van der Waals surface area contributed by atoms with Gasteiger partial charge in [-0.15, -0.1) is 10.2 Å². The van der Waals surface area contributed by atoms with Crippen LogP contribution in [0.5, 0.6) is 0 Å². The highest BCUT2D eigenvalue weighted by Crippen LogP contribution is 2.35. The van der Waals surface area contributed by atoms with Gasteiger partial charge in [-0.25, -0.2) is 5.43 Å². The SMILES string of the molecule is CCN(CC)c1ccc(/C=N\NC(=O)CSc2nnc(-c3ccc(C)cc3)n2C2CCCCC2)cc1. The van der Waals surface area contributed by atoms with E-state index in [-0.39, 0.29) is 11.7 Å². The Kier molecular flexibility index (Phi) is 9.17. The number of thioether (sulfide) groups is 1. The van der Waals surface area contributed by atoms with E-state index in [1.165, 1.54) is 42.3 Å². The first-order valence-electron chi connectivity index (χ1n) is 12.9. The fourth-order valence-electron chi connectivity index (χ4n) is 4.64. The predicted molar refractivity (Wildman–Crippen MR) is 149 cm³/mol. The van der Waals surface area contributed by atoms with Gasteiger partial charge in [0.2, 0.25) is 0 Å². The predicted octanol–water partition coefficient (Wildman–Crippen LogP) is 5.85. The highest BCUT2D eigenvalue weighted by Gasteiger charge is 2.24. The molecule has 1 aliphatic rings. The molecule has 1 saturated carbocycles. The van der Waals surface area contributed by atoms with E-state index in [0.717, 1.165) is 48.0 Å². The van der Waals surface area contributed by atoms with Gasteiger partial charge in [-0.3, -0.25) is 9.36 Å². The summed E-state index contributed by atoms with van der Waals surface area (Å²) in [6.45, 7) is 8.32. The molecule has 3 aromatic rings. The maximum Gasteiger partial charge on any atom is 0.250 e. The number of amides is 1. The van der Waals surface area contributed by atoms with Crippen LogP contribution in [-0.2, 0) is 4.79 Å². The zero-order valence-electron chi connectivity index (χ0n) is 21.5. The first kappa shape index (κ1) is 25.9. The third-order valence-corrected chi connectivity index (χ3v) is 7.61. The Hall–Kier alpha value is -3.13. The number of nitrogens with one attached hydrogen (secondary N) is 1. The second-order valence-electron chi connectivity index (χ2n) is 9.18. The van der Waals surface area contributed by atoms with Crippen molar-refractivity contribution < 1.29 is 4.79 Å². The summed E-state index contributed by atoms with van der Waals surface area (Å²) in [7, 11) is 0. The molecule has 36 heavy (non-hydrogen) atoms. The molecule has 1 aliphatic carbocycles. The molecule has 1 N–H and O–H groups in total. The van der Waals surface area contributed by atoms with E-state index in [0.29, 0.717) is 6.04 Å². The van der Waals surface area contributed by atoms with Crippen molar-refractivity contribution in [3.05, 3.63) is 59.7 Å². The van der Waals surface area contributed by atoms with E-state index in [1.807, 2.05) is 12.1 Å². The topological polar surface area (TPSA) is 75.4 Å². The fraction of sp³-hybridized carbons (Fsp3) is 0.429. The van der Waals surface area contributed by atoms with Crippen molar-refractivity contribution in [1.29, 1.82) is 0 Å². The molecule has 8 heteroatoms. The molecule has 2 aromatic carbocycles. The number of carbonyl (C=O) groups is 1. The molecule has 0 bridgehead atoms. The number of nitrogens with zero attached hydrogens (tertiary/aromatic N) is 5. The van der Waals surface area contributed by atoms with Crippen molar-refractivity contribution in [1.82, 2.24) is 20.2 Å². The van der Waals surface area contributed by atoms with Crippen molar-refractivity contribution in [3.8, 4) is 11.4 Å². The molecule has 7 nitrogen and oxygen atoms in total. The second kappa shape index (κ2) is 12.7. The Morgan fingerprint density at radius 2 is 1.75 bits per heavy atom. The summed E-state index contributed by atoms with van der Waals surface area (Å²) >= 11 is 1.42. The maximum absolute atomic E-state index is 12.5. The molecule has 1 fully saturated rings. The number of aromatic nitrogens is 3. The Morgan fingerprint density at radius 3 is 2.42 bits per heavy atom. The van der Waals surface area contributed by atoms with Gasteiger partial charge in [-0.2, -0.15) is 5.10 Å². The van der Waals surface area contributed by atoms with E-state index in [9.17, 15) is 4.79 Å². The van der Waals surface area contributed by atoms with Gasteiger partial charge in [0.15, 0.2) is 11.0 Å². The molecule has 1 amide bonds. The monoisotopic (exact) mass is 504 g/mol. The minimum atomic E-state index is -0.161. The number of rotatable bonds is 10. The molecule has 1 aromatic heterocycles. The lowest BCUT2D eigenvalue weighted by atomic mass is 9.95. The molecule has 1 heterocycles. The number of aryl methyl sites for hydroxylation is 1. The lowest BCUT2D eigenvalue weighted by Crippen LogP contribution is -2.21. The Morgan fingerprint density at radius 1 is 1.06 bits per heavy atom. The summed E-state index contributed by atoms with van der Waals surface area (Å²) in [6, 6.07) is 17.0. The number of hydrogen-bond acceptors (Lipinski definition) is 6. The maximum atomic E-state index is 12.5. The van der Waals surface area contributed by atoms with Crippen LogP contribution in [0, 0.1) is 6.92 Å². The van der Waals surface area contributed by atoms with Crippen LogP contribution in [0.1, 0.15) is 63.1 Å². The lowest BCUT2D eigenvalue weighted by Gasteiger charge is -2.25. The number of anilines is 1. The van der Waals surface area contributed by atoms with Gasteiger partial charge in [0.1, 0.15) is 0 Å². The summed E-state index contributed by atoms with van der Waals surface area (Å²) < 4.78 is 2.25. The minimum absolute atomic E-state index is 0.161. The highest BCUT2D eigenvalue weighted by molar-refractivity contribution is 7.99. The van der Waals surface area contributed by atoms with Crippen molar-refractivity contribution in [2.24, 2.45) is 5.10 Å². The zero-order chi connectivity index (χ0) is 25.3. The summed E-state index contributed by atoms with van der Waals surface area (Å²) in [5, 5.41) is 14.0. The van der Waals surface area contributed by atoms with Crippen LogP contribution in [0.3, 0.4) is 0 Å². The Balaban J connectivity index is 1.39. The fourth-order valence-corrected chi connectivity index (χ4v) is 5.44. The van der Waals surface area contributed by atoms with Crippen LogP contribution in [-0.4, -0.2) is 45.7 Å². The van der Waals surface area contributed by atoms with Crippen LogP contribution >= 0.6 is 11.8 Å². The lowest BCUT2D eigenvalue weighted by molar-refractivity contribution is -0.118. The summed E-state index contributed by atoms with van der Waals surface area (Å²) in [5.41, 5.74) is 7.05. The molecule has 0 saturated heterocycles. The van der Waals surface area contributed by atoms with Gasteiger partial charge in [0.05, 0.1) is 12.0 Å². The summed E-state index contributed by atoms with van der Waals surface area (Å²) in [4.78, 5) is 14.8. The number of benzene rings is 2. The summed E-state index contributed by atoms with van der Waals surface area (Å²) in [5.74, 6) is 0.957. The van der Waals surface area contributed by atoms with Crippen molar-refractivity contribution in [2.75, 3.05) is 23.7 Å². The third-order valence-electron chi connectivity index (χ3n) is 6.67. The quantitative estimate of drug-likeness (QED) is 0.213. The highest BCUT2D eigenvalue weighted by atomic mass is 32.2. The Labute approximate surface area is 218 Å². The molecule has 0 radical (unpaired) electrons. The molecule has 0 aliphatic heterocycles. The van der Waals surface area contributed by atoms with Gasteiger partial charge < -0.3 is 4.90 Å². The second-order valence-corrected chi connectivity index (χ2v) is 10.1. The standard InChI is InChI=1S/C28H36N6OS/c1-4-33(5-2)24-17-13-22(14-18-24)19-29-30-26(35)20-36-28-32-31-27(23-15-11-21(3)12-16-23)34(28)25-9-7-6-8-10-25/h11-19,25H,4-10,20H2,1-3H3,(H,30,35)/b29-19-. The van der Waals surface area contributed by atoms with E-state index in [1.54, 1.807) is 6.21 Å². The molecular formula is C28H36N6OS. The van der Waals surface area contributed by atoms with Crippen LogP contribution in [0.2, 0.25) is 0 Å². The average Bonchev–Trinajstić information content (AvgIpc) is 3.34. The van der Waals surface area contributed by atoms with Crippen LogP contribution in [0.25, 0.3) is 11.4 Å². The normalized spacial score (nSPS) is 14.3.